The number of hydrogen-bond donors (Lipinski definition) is 1. The summed E-state index contributed by atoms with van der Waals surface area (Å²) < 4.78 is 12.6. The Morgan fingerprint density at radius 1 is 1.13 bits per heavy atom. The highest BCUT2D eigenvalue weighted by Crippen LogP contribution is 2.38. The molecule has 4 nitrogen and oxygen atoms in total. The van der Waals surface area contributed by atoms with Gasteiger partial charge in [0.05, 0.1) is 17.7 Å². The molecule has 1 fully saturated rings. The van der Waals surface area contributed by atoms with E-state index in [1.54, 1.807) is 0 Å². The first-order valence-electron chi connectivity index (χ1n) is 8.76. The molecule has 0 saturated carbocycles. The summed E-state index contributed by atoms with van der Waals surface area (Å²) in [4.78, 5) is 2.57. The van der Waals surface area contributed by atoms with Crippen LogP contribution in [0, 0.1) is 0 Å². The highest BCUT2D eigenvalue weighted by atomic mass is 79.9. The zero-order valence-electron chi connectivity index (χ0n) is 13.9. The average molecular weight is 383 g/mol. The monoisotopic (exact) mass is 382 g/mol. The molecule has 1 N–H and O–H groups in total. The molecule has 0 spiro atoms. The van der Waals surface area contributed by atoms with Crippen LogP contribution in [-0.2, 0) is 6.54 Å². The van der Waals surface area contributed by atoms with Gasteiger partial charge in [0.1, 0.15) is 0 Å². The second kappa shape index (κ2) is 8.36. The summed E-state index contributed by atoms with van der Waals surface area (Å²) >= 11 is 3.61. The van der Waals surface area contributed by atoms with Crippen molar-refractivity contribution in [3.8, 4) is 11.5 Å². The molecule has 2 aliphatic rings. The van der Waals surface area contributed by atoms with Crippen LogP contribution in [0.15, 0.2) is 16.6 Å². The quantitative estimate of drug-likeness (QED) is 0.843. The number of benzene rings is 1. The lowest BCUT2D eigenvalue weighted by molar-refractivity contribution is 0.209. The molecule has 0 aromatic heterocycles. The Balaban J connectivity index is 1.55. The molecule has 2 aliphatic heterocycles. The summed E-state index contributed by atoms with van der Waals surface area (Å²) in [6.07, 6.45) is 5.02. The van der Waals surface area contributed by atoms with E-state index in [1.807, 2.05) is 0 Å². The van der Waals surface area contributed by atoms with Gasteiger partial charge in [-0.25, -0.2) is 0 Å². The van der Waals surface area contributed by atoms with E-state index in [0.717, 1.165) is 48.7 Å². The first-order valence-corrected chi connectivity index (χ1v) is 9.55. The molecule has 128 valence electrons. The summed E-state index contributed by atoms with van der Waals surface area (Å²) in [6, 6.07) is 4.73. The fraction of sp³-hybridized carbons (Fsp3) is 0.667. The van der Waals surface area contributed by atoms with Gasteiger partial charge in [0.2, 0.25) is 0 Å². The van der Waals surface area contributed by atoms with Crippen molar-refractivity contribution in [2.45, 2.75) is 45.2 Å². The molecular weight excluding hydrogens is 356 g/mol. The first kappa shape index (κ1) is 17.1. The number of halogens is 1. The Kier molecular flexibility index (Phi) is 6.20. The third-order valence-corrected chi connectivity index (χ3v) is 5.09. The molecule has 5 heteroatoms. The van der Waals surface area contributed by atoms with Gasteiger partial charge in [-0.05, 0) is 66.5 Å². The van der Waals surface area contributed by atoms with Gasteiger partial charge in [0.15, 0.2) is 11.5 Å². The van der Waals surface area contributed by atoms with E-state index in [-0.39, 0.29) is 0 Å². The Morgan fingerprint density at radius 2 is 1.91 bits per heavy atom. The number of likely N-dealkylation sites (tertiary alicyclic amines) is 1. The summed E-state index contributed by atoms with van der Waals surface area (Å²) in [5.74, 6) is 1.70. The number of fused-ring (bicyclic) bond motifs is 1. The summed E-state index contributed by atoms with van der Waals surface area (Å²) in [5, 5.41) is 3.64. The average Bonchev–Trinajstić information content (AvgIpc) is 2.80. The lowest BCUT2D eigenvalue weighted by atomic mass is 10.1. The van der Waals surface area contributed by atoms with Crippen LogP contribution in [-0.4, -0.2) is 43.8 Å². The lowest BCUT2D eigenvalue weighted by Gasteiger charge is -2.29. The maximum absolute atomic E-state index is 5.81. The van der Waals surface area contributed by atoms with Crippen molar-refractivity contribution in [1.29, 1.82) is 0 Å². The van der Waals surface area contributed by atoms with E-state index >= 15 is 0 Å². The molecule has 1 aromatic carbocycles. The standard InChI is InChI=1S/C18H27BrN2O2/c1-14(13-21-6-3-2-4-7-21)20-12-15-10-16(19)18-17(11-15)22-8-5-9-23-18/h10-11,14,20H,2-9,12-13H2,1H3. The van der Waals surface area contributed by atoms with E-state index in [0.29, 0.717) is 6.04 Å². The molecule has 2 heterocycles. The molecule has 0 radical (unpaired) electrons. The number of ether oxygens (including phenoxy) is 2. The Hall–Kier alpha value is -0.780. The van der Waals surface area contributed by atoms with Crippen molar-refractivity contribution in [3.63, 3.8) is 0 Å². The van der Waals surface area contributed by atoms with Gasteiger partial charge < -0.3 is 19.7 Å². The second-order valence-electron chi connectivity index (χ2n) is 6.60. The lowest BCUT2D eigenvalue weighted by Crippen LogP contribution is -2.41. The zero-order valence-corrected chi connectivity index (χ0v) is 15.5. The maximum Gasteiger partial charge on any atom is 0.175 e. The van der Waals surface area contributed by atoms with Crippen LogP contribution in [0.1, 0.15) is 38.2 Å². The number of nitrogens with zero attached hydrogens (tertiary/aromatic N) is 1. The van der Waals surface area contributed by atoms with Crippen LogP contribution < -0.4 is 14.8 Å². The van der Waals surface area contributed by atoms with Crippen molar-refractivity contribution < 1.29 is 9.47 Å². The van der Waals surface area contributed by atoms with E-state index in [9.17, 15) is 0 Å². The number of hydrogen-bond acceptors (Lipinski definition) is 4. The van der Waals surface area contributed by atoms with Crippen molar-refractivity contribution in [2.75, 3.05) is 32.8 Å². The van der Waals surface area contributed by atoms with E-state index < -0.39 is 0 Å². The third kappa shape index (κ3) is 4.85. The van der Waals surface area contributed by atoms with Crippen LogP contribution in [0.4, 0.5) is 0 Å². The number of rotatable bonds is 5. The Morgan fingerprint density at radius 3 is 2.74 bits per heavy atom. The molecule has 23 heavy (non-hydrogen) atoms. The summed E-state index contributed by atoms with van der Waals surface area (Å²) in [6.45, 7) is 8.20. The van der Waals surface area contributed by atoms with E-state index in [2.05, 4.69) is 45.2 Å². The van der Waals surface area contributed by atoms with Crippen LogP contribution in [0.3, 0.4) is 0 Å². The van der Waals surface area contributed by atoms with Crippen molar-refractivity contribution in [3.05, 3.63) is 22.2 Å². The molecule has 1 atom stereocenters. The third-order valence-electron chi connectivity index (χ3n) is 4.50. The van der Waals surface area contributed by atoms with Gasteiger partial charge in [-0.1, -0.05) is 6.42 Å². The molecule has 1 unspecified atom stereocenters. The minimum Gasteiger partial charge on any atom is -0.490 e. The highest BCUT2D eigenvalue weighted by Gasteiger charge is 2.16. The van der Waals surface area contributed by atoms with Gasteiger partial charge in [0, 0.05) is 25.6 Å². The fourth-order valence-electron chi connectivity index (χ4n) is 3.27. The molecule has 3 rings (SSSR count). The van der Waals surface area contributed by atoms with E-state index in [4.69, 9.17) is 9.47 Å². The minimum atomic E-state index is 0.489. The Labute approximate surface area is 147 Å². The molecule has 1 saturated heterocycles. The smallest absolute Gasteiger partial charge is 0.175 e. The number of piperidine rings is 1. The van der Waals surface area contributed by atoms with Gasteiger partial charge in [-0.15, -0.1) is 0 Å². The van der Waals surface area contributed by atoms with Gasteiger partial charge >= 0.3 is 0 Å². The molecule has 1 aromatic rings. The molecule has 0 amide bonds. The largest absolute Gasteiger partial charge is 0.490 e. The minimum absolute atomic E-state index is 0.489. The van der Waals surface area contributed by atoms with Crippen LogP contribution in [0.25, 0.3) is 0 Å². The normalized spacial score (nSPS) is 20.1. The van der Waals surface area contributed by atoms with Gasteiger partial charge in [0.25, 0.3) is 0 Å². The summed E-state index contributed by atoms with van der Waals surface area (Å²) in [5.41, 5.74) is 1.23. The maximum atomic E-state index is 5.81. The highest BCUT2D eigenvalue weighted by molar-refractivity contribution is 9.10. The van der Waals surface area contributed by atoms with E-state index in [1.165, 1.54) is 37.9 Å². The molecule has 0 aliphatic carbocycles. The van der Waals surface area contributed by atoms with Crippen molar-refractivity contribution >= 4 is 15.9 Å². The first-order chi connectivity index (χ1) is 11.2. The van der Waals surface area contributed by atoms with Crippen LogP contribution >= 0.6 is 15.9 Å². The van der Waals surface area contributed by atoms with Gasteiger partial charge in [-0.3, -0.25) is 0 Å². The van der Waals surface area contributed by atoms with Gasteiger partial charge in [-0.2, -0.15) is 0 Å². The Bertz CT molecular complexity index is 518. The van der Waals surface area contributed by atoms with Crippen LogP contribution in [0.2, 0.25) is 0 Å². The predicted molar refractivity (Wildman–Crippen MR) is 96.3 cm³/mol. The second-order valence-corrected chi connectivity index (χ2v) is 7.45. The molecular formula is C18H27BrN2O2. The predicted octanol–water partition coefficient (Wildman–Crippen LogP) is 3.57. The van der Waals surface area contributed by atoms with Crippen LogP contribution in [0.5, 0.6) is 11.5 Å². The van der Waals surface area contributed by atoms with Crippen molar-refractivity contribution in [2.24, 2.45) is 0 Å². The topological polar surface area (TPSA) is 33.7 Å². The molecule has 0 bridgehead atoms. The number of nitrogens with one attached hydrogen (secondary N) is 1. The van der Waals surface area contributed by atoms with Crippen molar-refractivity contribution in [1.82, 2.24) is 10.2 Å². The zero-order chi connectivity index (χ0) is 16.1. The fourth-order valence-corrected chi connectivity index (χ4v) is 3.88. The SMILES string of the molecule is CC(CN1CCCCC1)NCc1cc(Br)c2c(c1)OCCCO2. The summed E-state index contributed by atoms with van der Waals surface area (Å²) in [7, 11) is 0.